The Morgan fingerprint density at radius 1 is 1.38 bits per heavy atom. The zero-order valence-corrected chi connectivity index (χ0v) is 15.7. The molecule has 2 amide bonds. The van der Waals surface area contributed by atoms with Crippen molar-refractivity contribution in [3.63, 3.8) is 0 Å². The van der Waals surface area contributed by atoms with Gasteiger partial charge in [0.25, 0.3) is 0 Å². The van der Waals surface area contributed by atoms with Gasteiger partial charge in [-0.15, -0.1) is 0 Å². The maximum Gasteiger partial charge on any atom is 0.332 e. The van der Waals surface area contributed by atoms with E-state index in [1.807, 2.05) is 30.3 Å². The largest absolute Gasteiger partial charge is 0.493 e. The molecule has 0 spiro atoms. The molecule has 0 fully saturated rings. The van der Waals surface area contributed by atoms with E-state index in [1.165, 1.54) is 6.21 Å². The van der Waals surface area contributed by atoms with E-state index in [4.69, 9.17) is 26.8 Å². The number of ether oxygens (including phenoxy) is 2. The number of hydrazone groups is 1. The van der Waals surface area contributed by atoms with Crippen molar-refractivity contribution in [2.24, 2.45) is 10.8 Å². The third-order valence-corrected chi connectivity index (χ3v) is 3.99. The summed E-state index contributed by atoms with van der Waals surface area (Å²) in [6.07, 6.45) is 1.47. The number of hydrogen-bond donors (Lipinski definition) is 2. The van der Waals surface area contributed by atoms with E-state index in [-0.39, 0.29) is 0 Å². The molecule has 0 saturated heterocycles. The van der Waals surface area contributed by atoms with Gasteiger partial charge >= 0.3 is 6.03 Å². The number of methoxy groups -OCH3 is 1. The van der Waals surface area contributed by atoms with Crippen LogP contribution in [-0.4, -0.2) is 19.4 Å². The Morgan fingerprint density at radius 3 is 2.71 bits per heavy atom. The number of nitrogens with one attached hydrogen (secondary N) is 1. The Morgan fingerprint density at radius 2 is 2.08 bits per heavy atom. The van der Waals surface area contributed by atoms with Crippen molar-refractivity contribution in [1.29, 1.82) is 0 Å². The van der Waals surface area contributed by atoms with Gasteiger partial charge in [-0.05, 0) is 58.0 Å². The molecular formula is C16H15ClIN3O3. The predicted molar refractivity (Wildman–Crippen MR) is 102 cm³/mol. The van der Waals surface area contributed by atoms with Gasteiger partial charge in [0, 0.05) is 5.02 Å². The summed E-state index contributed by atoms with van der Waals surface area (Å²) in [5, 5.41) is 4.41. The molecule has 3 N–H and O–H groups in total. The van der Waals surface area contributed by atoms with E-state index in [0.717, 1.165) is 14.7 Å². The highest BCUT2D eigenvalue weighted by molar-refractivity contribution is 14.1. The summed E-state index contributed by atoms with van der Waals surface area (Å²) in [7, 11) is 1.56. The first kappa shape index (κ1) is 18.3. The molecule has 0 unspecified atom stereocenters. The first-order valence-corrected chi connectivity index (χ1v) is 8.28. The van der Waals surface area contributed by atoms with E-state index >= 15 is 0 Å². The monoisotopic (exact) mass is 459 g/mol. The molecular weight excluding hydrogens is 445 g/mol. The van der Waals surface area contributed by atoms with Gasteiger partial charge in [-0.25, -0.2) is 10.2 Å². The summed E-state index contributed by atoms with van der Waals surface area (Å²) in [5.41, 5.74) is 8.83. The molecule has 0 atom stereocenters. The first-order valence-electron chi connectivity index (χ1n) is 6.83. The van der Waals surface area contributed by atoms with Crippen LogP contribution in [0.2, 0.25) is 5.02 Å². The smallest absolute Gasteiger partial charge is 0.332 e. The molecule has 24 heavy (non-hydrogen) atoms. The van der Waals surface area contributed by atoms with Crippen molar-refractivity contribution in [2.45, 2.75) is 6.61 Å². The van der Waals surface area contributed by atoms with Crippen LogP contribution in [0.3, 0.4) is 0 Å². The minimum Gasteiger partial charge on any atom is -0.493 e. The second kappa shape index (κ2) is 8.74. The van der Waals surface area contributed by atoms with Crippen LogP contribution in [0.4, 0.5) is 4.79 Å². The Balaban J connectivity index is 2.15. The number of carbonyl (C=O) groups is 1. The van der Waals surface area contributed by atoms with Crippen molar-refractivity contribution >= 4 is 46.4 Å². The quantitative estimate of drug-likeness (QED) is 0.394. The second-order valence-corrected chi connectivity index (χ2v) is 6.28. The standard InChI is InChI=1S/C16H15ClIN3O3/c1-23-14-7-11(8-20-21-16(19)22)6-13(18)15(14)24-9-10-2-4-12(17)5-3-10/h2-8H,9H2,1H3,(H3,19,21,22). The molecule has 0 aliphatic rings. The Labute approximate surface area is 158 Å². The molecule has 0 bridgehead atoms. The zero-order valence-electron chi connectivity index (χ0n) is 12.8. The van der Waals surface area contributed by atoms with Crippen molar-refractivity contribution in [3.05, 3.63) is 56.1 Å². The van der Waals surface area contributed by atoms with Gasteiger partial charge in [-0.1, -0.05) is 23.7 Å². The minimum absolute atomic E-state index is 0.389. The van der Waals surface area contributed by atoms with Crippen LogP contribution in [-0.2, 0) is 6.61 Å². The number of halogens is 2. The van der Waals surface area contributed by atoms with Crippen LogP contribution in [0.15, 0.2) is 41.5 Å². The highest BCUT2D eigenvalue weighted by atomic mass is 127. The van der Waals surface area contributed by atoms with Crippen LogP contribution in [0, 0.1) is 3.57 Å². The maximum absolute atomic E-state index is 10.6. The highest BCUT2D eigenvalue weighted by Gasteiger charge is 2.11. The molecule has 0 radical (unpaired) electrons. The molecule has 0 saturated carbocycles. The lowest BCUT2D eigenvalue weighted by Crippen LogP contribution is -2.24. The molecule has 2 rings (SSSR count). The van der Waals surface area contributed by atoms with Gasteiger partial charge in [-0.3, -0.25) is 0 Å². The SMILES string of the molecule is COc1cc(C=NNC(N)=O)cc(I)c1OCc1ccc(Cl)cc1. The lowest BCUT2D eigenvalue weighted by Gasteiger charge is -2.13. The lowest BCUT2D eigenvalue weighted by atomic mass is 10.2. The number of primary amides is 1. The molecule has 8 heteroatoms. The first-order chi connectivity index (χ1) is 11.5. The molecule has 0 aromatic heterocycles. The van der Waals surface area contributed by atoms with E-state index in [0.29, 0.717) is 23.1 Å². The third kappa shape index (κ3) is 5.27. The summed E-state index contributed by atoms with van der Waals surface area (Å²) in [5.74, 6) is 1.20. The number of carbonyl (C=O) groups excluding carboxylic acids is 1. The average molecular weight is 460 g/mol. The fourth-order valence-electron chi connectivity index (χ4n) is 1.86. The maximum atomic E-state index is 10.6. The third-order valence-electron chi connectivity index (χ3n) is 2.94. The topological polar surface area (TPSA) is 85.9 Å². The molecule has 2 aromatic carbocycles. The van der Waals surface area contributed by atoms with Gasteiger partial charge in [0.05, 0.1) is 16.9 Å². The molecule has 2 aromatic rings. The Kier molecular flexibility index (Phi) is 6.68. The summed E-state index contributed by atoms with van der Waals surface area (Å²) < 4.78 is 12.1. The molecule has 6 nitrogen and oxygen atoms in total. The second-order valence-electron chi connectivity index (χ2n) is 4.68. The van der Waals surface area contributed by atoms with Crippen molar-refractivity contribution in [2.75, 3.05) is 7.11 Å². The van der Waals surface area contributed by atoms with Crippen LogP contribution < -0.4 is 20.6 Å². The number of nitrogens with zero attached hydrogens (tertiary/aromatic N) is 1. The van der Waals surface area contributed by atoms with E-state index in [9.17, 15) is 4.79 Å². The lowest BCUT2D eigenvalue weighted by molar-refractivity contribution is 0.249. The van der Waals surface area contributed by atoms with Crippen LogP contribution >= 0.6 is 34.2 Å². The van der Waals surface area contributed by atoms with Crippen LogP contribution in [0.1, 0.15) is 11.1 Å². The van der Waals surface area contributed by atoms with Gasteiger partial charge in [0.1, 0.15) is 6.61 Å². The summed E-state index contributed by atoms with van der Waals surface area (Å²) in [4.78, 5) is 10.6. The van der Waals surface area contributed by atoms with Gasteiger partial charge in [-0.2, -0.15) is 5.10 Å². The minimum atomic E-state index is -0.726. The van der Waals surface area contributed by atoms with Crippen molar-refractivity contribution in [3.8, 4) is 11.5 Å². The normalized spacial score (nSPS) is 10.6. The average Bonchev–Trinajstić information content (AvgIpc) is 2.54. The number of nitrogens with two attached hydrogens (primary N) is 1. The fourth-order valence-corrected chi connectivity index (χ4v) is 2.77. The molecule has 0 heterocycles. The van der Waals surface area contributed by atoms with Crippen molar-refractivity contribution in [1.82, 2.24) is 5.43 Å². The Bertz CT molecular complexity index is 751. The summed E-state index contributed by atoms with van der Waals surface area (Å²) >= 11 is 8.02. The number of rotatable bonds is 6. The van der Waals surface area contributed by atoms with E-state index in [2.05, 4.69) is 33.1 Å². The number of benzene rings is 2. The fraction of sp³-hybridized carbons (Fsp3) is 0.125. The van der Waals surface area contributed by atoms with Crippen LogP contribution in [0.5, 0.6) is 11.5 Å². The highest BCUT2D eigenvalue weighted by Crippen LogP contribution is 2.34. The van der Waals surface area contributed by atoms with Gasteiger partial charge in [0.15, 0.2) is 11.5 Å². The van der Waals surface area contributed by atoms with Gasteiger partial charge < -0.3 is 15.2 Å². The molecule has 0 aliphatic carbocycles. The van der Waals surface area contributed by atoms with Gasteiger partial charge in [0.2, 0.25) is 0 Å². The Hall–Kier alpha value is -2.00. The molecule has 126 valence electrons. The number of hydrogen-bond acceptors (Lipinski definition) is 4. The molecule has 0 aliphatic heterocycles. The summed E-state index contributed by atoms with van der Waals surface area (Å²) in [6.45, 7) is 0.389. The predicted octanol–water partition coefficient (Wildman–Crippen LogP) is 3.53. The summed E-state index contributed by atoms with van der Waals surface area (Å²) in [6, 6.07) is 10.3. The van der Waals surface area contributed by atoms with E-state index < -0.39 is 6.03 Å². The van der Waals surface area contributed by atoms with Crippen molar-refractivity contribution < 1.29 is 14.3 Å². The van der Waals surface area contributed by atoms with E-state index in [1.54, 1.807) is 13.2 Å². The van der Waals surface area contributed by atoms with Crippen LogP contribution in [0.25, 0.3) is 0 Å². The number of amides is 2. The number of urea groups is 1. The zero-order chi connectivity index (χ0) is 17.5.